The van der Waals surface area contributed by atoms with Crippen molar-refractivity contribution in [3.8, 4) is 11.5 Å². The summed E-state index contributed by atoms with van der Waals surface area (Å²) in [4.78, 5) is 13.7. The van der Waals surface area contributed by atoms with Gasteiger partial charge in [-0.05, 0) is 25.1 Å². The van der Waals surface area contributed by atoms with Gasteiger partial charge in [-0.2, -0.15) is 0 Å². The first-order valence-electron chi connectivity index (χ1n) is 5.92. The molecule has 1 amide bonds. The van der Waals surface area contributed by atoms with E-state index in [9.17, 15) is 4.79 Å². The molecule has 0 saturated carbocycles. The van der Waals surface area contributed by atoms with Crippen molar-refractivity contribution in [3.63, 3.8) is 0 Å². The van der Waals surface area contributed by atoms with Crippen LogP contribution in [0.5, 0.6) is 11.5 Å². The lowest BCUT2D eigenvalue weighted by Gasteiger charge is -2.24. The fourth-order valence-corrected chi connectivity index (χ4v) is 1.63. The Balaban J connectivity index is 3.03. The molecular formula is C13H19N3O4. The maximum atomic E-state index is 12.3. The van der Waals surface area contributed by atoms with Crippen molar-refractivity contribution >= 4 is 11.7 Å². The molecule has 0 aliphatic heterocycles. The van der Waals surface area contributed by atoms with Gasteiger partial charge in [-0.1, -0.05) is 5.16 Å². The monoisotopic (exact) mass is 281 g/mol. The molecule has 0 spiro atoms. The molecule has 20 heavy (non-hydrogen) atoms. The first-order chi connectivity index (χ1) is 9.46. The highest BCUT2D eigenvalue weighted by atomic mass is 16.5. The van der Waals surface area contributed by atoms with Gasteiger partial charge in [0.1, 0.15) is 0 Å². The van der Waals surface area contributed by atoms with Crippen LogP contribution < -0.4 is 15.2 Å². The van der Waals surface area contributed by atoms with Crippen LogP contribution in [0.3, 0.4) is 0 Å². The Kier molecular flexibility index (Phi) is 5.19. The Bertz CT molecular complexity index is 516. The van der Waals surface area contributed by atoms with E-state index in [2.05, 4.69) is 5.16 Å². The van der Waals surface area contributed by atoms with Crippen LogP contribution >= 0.6 is 0 Å². The van der Waals surface area contributed by atoms with Gasteiger partial charge in [-0.3, -0.25) is 4.79 Å². The van der Waals surface area contributed by atoms with E-state index in [-0.39, 0.29) is 11.7 Å². The number of amidine groups is 1. The molecule has 7 heteroatoms. The van der Waals surface area contributed by atoms with Crippen molar-refractivity contribution in [3.05, 3.63) is 23.8 Å². The fraction of sp³-hybridized carbons (Fsp3) is 0.385. The highest BCUT2D eigenvalue weighted by molar-refractivity contribution is 5.98. The molecule has 1 rings (SSSR count). The zero-order chi connectivity index (χ0) is 15.3. The average molecular weight is 281 g/mol. The Labute approximate surface area is 117 Å². The summed E-state index contributed by atoms with van der Waals surface area (Å²) in [5, 5.41) is 11.5. The molecule has 0 bridgehead atoms. The molecule has 3 N–H and O–H groups in total. The molecule has 110 valence electrons. The Morgan fingerprint density at radius 2 is 1.95 bits per heavy atom. The third-order valence-electron chi connectivity index (χ3n) is 3.08. The quantitative estimate of drug-likeness (QED) is 0.362. The smallest absolute Gasteiger partial charge is 0.254 e. The summed E-state index contributed by atoms with van der Waals surface area (Å²) in [6.45, 7) is 1.66. The van der Waals surface area contributed by atoms with Gasteiger partial charge >= 0.3 is 0 Å². The van der Waals surface area contributed by atoms with Crippen LogP contribution in [0.2, 0.25) is 0 Å². The minimum Gasteiger partial charge on any atom is -0.493 e. The van der Waals surface area contributed by atoms with Crippen LogP contribution in [-0.4, -0.2) is 49.2 Å². The van der Waals surface area contributed by atoms with E-state index in [4.69, 9.17) is 20.4 Å². The molecule has 0 heterocycles. The number of amides is 1. The average Bonchev–Trinajstić information content (AvgIpc) is 2.50. The summed E-state index contributed by atoms with van der Waals surface area (Å²) in [6.07, 6.45) is 0. The number of benzene rings is 1. The number of carbonyl (C=O) groups excluding carboxylic acids is 1. The van der Waals surface area contributed by atoms with E-state index in [0.717, 1.165) is 0 Å². The number of rotatable bonds is 5. The van der Waals surface area contributed by atoms with Crippen molar-refractivity contribution < 1.29 is 19.5 Å². The minimum atomic E-state index is -0.527. The van der Waals surface area contributed by atoms with Crippen molar-refractivity contribution in [2.45, 2.75) is 13.0 Å². The Hall–Kier alpha value is -2.44. The molecule has 1 aromatic rings. The molecule has 0 fully saturated rings. The third kappa shape index (κ3) is 3.11. The zero-order valence-electron chi connectivity index (χ0n) is 12.0. The number of ether oxygens (including phenoxy) is 2. The summed E-state index contributed by atoms with van der Waals surface area (Å²) in [5.74, 6) is 0.686. The molecule has 7 nitrogen and oxygen atoms in total. The highest BCUT2D eigenvalue weighted by Crippen LogP contribution is 2.28. The van der Waals surface area contributed by atoms with Gasteiger partial charge in [-0.25, -0.2) is 0 Å². The van der Waals surface area contributed by atoms with Gasteiger partial charge in [0.25, 0.3) is 5.91 Å². The lowest BCUT2D eigenvalue weighted by atomic mass is 10.1. The zero-order valence-corrected chi connectivity index (χ0v) is 12.0. The predicted molar refractivity (Wildman–Crippen MR) is 74.5 cm³/mol. The Morgan fingerprint density at radius 1 is 1.35 bits per heavy atom. The van der Waals surface area contributed by atoms with Crippen LogP contribution in [0.15, 0.2) is 23.4 Å². The number of methoxy groups -OCH3 is 2. The summed E-state index contributed by atoms with van der Waals surface area (Å²) < 4.78 is 10.3. The van der Waals surface area contributed by atoms with E-state index in [0.29, 0.717) is 17.1 Å². The standard InChI is InChI=1S/C13H19N3O4/c1-8(12(14)15-18)16(2)13(17)9-5-6-10(19-3)11(7-9)20-4/h5-8,18H,1-4H3,(H2,14,15). The third-order valence-corrected chi connectivity index (χ3v) is 3.08. The van der Waals surface area contributed by atoms with Crippen LogP contribution in [0.25, 0.3) is 0 Å². The number of likely N-dealkylation sites (N-methyl/N-ethyl adjacent to an activating group) is 1. The van der Waals surface area contributed by atoms with Crippen LogP contribution in [-0.2, 0) is 0 Å². The summed E-state index contributed by atoms with van der Waals surface area (Å²) in [5.41, 5.74) is 5.92. The molecule has 0 aliphatic rings. The Morgan fingerprint density at radius 3 is 2.45 bits per heavy atom. The molecule has 1 aromatic carbocycles. The number of hydrogen-bond acceptors (Lipinski definition) is 5. The fourth-order valence-electron chi connectivity index (χ4n) is 1.63. The van der Waals surface area contributed by atoms with E-state index in [1.54, 1.807) is 32.2 Å². The topological polar surface area (TPSA) is 97.4 Å². The van der Waals surface area contributed by atoms with Crippen molar-refractivity contribution in [1.29, 1.82) is 0 Å². The van der Waals surface area contributed by atoms with E-state index in [1.807, 2.05) is 0 Å². The van der Waals surface area contributed by atoms with E-state index < -0.39 is 6.04 Å². The number of oxime groups is 1. The van der Waals surface area contributed by atoms with Gasteiger partial charge in [0, 0.05) is 12.6 Å². The number of carbonyl (C=O) groups is 1. The first-order valence-corrected chi connectivity index (χ1v) is 5.92. The van der Waals surface area contributed by atoms with Gasteiger partial charge in [0.2, 0.25) is 0 Å². The largest absolute Gasteiger partial charge is 0.493 e. The first kappa shape index (κ1) is 15.6. The van der Waals surface area contributed by atoms with Crippen LogP contribution in [0, 0.1) is 0 Å². The maximum absolute atomic E-state index is 12.3. The van der Waals surface area contributed by atoms with E-state index >= 15 is 0 Å². The molecule has 0 aliphatic carbocycles. The molecule has 0 aromatic heterocycles. The van der Waals surface area contributed by atoms with Crippen molar-refractivity contribution in [2.24, 2.45) is 10.9 Å². The summed E-state index contributed by atoms with van der Waals surface area (Å²) >= 11 is 0. The van der Waals surface area contributed by atoms with Crippen molar-refractivity contribution in [1.82, 2.24) is 4.90 Å². The van der Waals surface area contributed by atoms with Gasteiger partial charge < -0.3 is 25.3 Å². The lowest BCUT2D eigenvalue weighted by Crippen LogP contribution is -2.43. The maximum Gasteiger partial charge on any atom is 0.254 e. The SMILES string of the molecule is COc1ccc(C(=O)N(C)C(C)C(N)=NO)cc1OC. The van der Waals surface area contributed by atoms with Gasteiger partial charge in [0.15, 0.2) is 17.3 Å². The second-order valence-electron chi connectivity index (χ2n) is 4.19. The normalized spacial score (nSPS) is 12.7. The molecule has 0 radical (unpaired) electrons. The second kappa shape index (κ2) is 6.65. The number of hydrogen-bond donors (Lipinski definition) is 2. The molecule has 1 atom stereocenters. The summed E-state index contributed by atoms with van der Waals surface area (Å²) in [6, 6.07) is 4.32. The predicted octanol–water partition coefficient (Wildman–Crippen LogP) is 0.911. The summed E-state index contributed by atoms with van der Waals surface area (Å²) in [7, 11) is 4.59. The highest BCUT2D eigenvalue weighted by Gasteiger charge is 2.21. The number of nitrogens with zero attached hydrogens (tertiary/aromatic N) is 2. The van der Waals surface area contributed by atoms with E-state index in [1.165, 1.54) is 19.1 Å². The minimum absolute atomic E-state index is 0.0404. The van der Waals surface area contributed by atoms with Gasteiger partial charge in [-0.15, -0.1) is 0 Å². The molecule has 1 unspecified atom stereocenters. The molecule has 0 saturated heterocycles. The lowest BCUT2D eigenvalue weighted by molar-refractivity contribution is 0.0776. The van der Waals surface area contributed by atoms with Gasteiger partial charge in [0.05, 0.1) is 20.3 Å². The van der Waals surface area contributed by atoms with Crippen LogP contribution in [0.1, 0.15) is 17.3 Å². The van der Waals surface area contributed by atoms with Crippen molar-refractivity contribution in [2.75, 3.05) is 21.3 Å². The second-order valence-corrected chi connectivity index (χ2v) is 4.19. The molecular weight excluding hydrogens is 262 g/mol. The number of nitrogens with two attached hydrogens (primary N) is 1. The van der Waals surface area contributed by atoms with Crippen LogP contribution in [0.4, 0.5) is 0 Å².